The third-order valence-corrected chi connectivity index (χ3v) is 3.96. The van der Waals surface area contributed by atoms with E-state index in [9.17, 15) is 12.8 Å². The van der Waals surface area contributed by atoms with Crippen molar-refractivity contribution in [3.8, 4) is 0 Å². The van der Waals surface area contributed by atoms with Crippen LogP contribution in [0.25, 0.3) is 0 Å². The van der Waals surface area contributed by atoms with Gasteiger partial charge in [0.2, 0.25) is 10.0 Å². The minimum absolute atomic E-state index is 0.214. The highest BCUT2D eigenvalue weighted by Gasteiger charge is 2.18. The van der Waals surface area contributed by atoms with Crippen molar-refractivity contribution >= 4 is 10.0 Å². The first kappa shape index (κ1) is 16.0. The average Bonchev–Trinajstić information content (AvgIpc) is 2.37. The molecule has 19 heavy (non-hydrogen) atoms. The summed E-state index contributed by atoms with van der Waals surface area (Å²) in [7, 11) is -0.547. The van der Waals surface area contributed by atoms with Crippen LogP contribution in [0.5, 0.6) is 0 Å². The lowest BCUT2D eigenvalue weighted by Crippen LogP contribution is -2.26. The van der Waals surface area contributed by atoms with E-state index < -0.39 is 15.8 Å². The number of hydrogen-bond acceptors (Lipinski definition) is 4. The molecule has 0 aliphatic rings. The van der Waals surface area contributed by atoms with Gasteiger partial charge in [0.25, 0.3) is 0 Å². The molecule has 1 rings (SSSR count). The topological polar surface area (TPSA) is 67.4 Å². The number of methoxy groups -OCH3 is 1. The molecule has 0 aliphatic heterocycles. The van der Waals surface area contributed by atoms with Crippen LogP contribution in [0.3, 0.4) is 0 Å². The van der Waals surface area contributed by atoms with Gasteiger partial charge in [-0.05, 0) is 31.2 Å². The average molecular weight is 290 g/mol. The van der Waals surface area contributed by atoms with Gasteiger partial charge in [-0.1, -0.05) is 6.07 Å². The third-order valence-electron chi connectivity index (χ3n) is 2.48. The first-order valence-electron chi connectivity index (χ1n) is 5.93. The van der Waals surface area contributed by atoms with Gasteiger partial charge in [-0.2, -0.15) is 0 Å². The smallest absolute Gasteiger partial charge is 0.243 e. The number of benzene rings is 1. The lowest BCUT2D eigenvalue weighted by atomic mass is 10.2. The maximum Gasteiger partial charge on any atom is 0.243 e. The molecule has 5 nitrogen and oxygen atoms in total. The maximum atomic E-state index is 13.6. The summed E-state index contributed by atoms with van der Waals surface area (Å²) in [6.07, 6.45) is 0.535. The summed E-state index contributed by atoms with van der Waals surface area (Å²) in [4.78, 5) is -0.322. The molecule has 0 aromatic heterocycles. The Hall–Kier alpha value is -1.02. The highest BCUT2D eigenvalue weighted by molar-refractivity contribution is 7.89. The minimum atomic E-state index is -3.82. The van der Waals surface area contributed by atoms with Gasteiger partial charge >= 0.3 is 0 Å². The van der Waals surface area contributed by atoms with Crippen molar-refractivity contribution in [1.82, 2.24) is 10.0 Å². The van der Waals surface area contributed by atoms with Crippen LogP contribution in [0.2, 0.25) is 0 Å². The predicted molar refractivity (Wildman–Crippen MR) is 70.8 cm³/mol. The summed E-state index contributed by atoms with van der Waals surface area (Å²) in [6, 6.07) is 4.05. The summed E-state index contributed by atoms with van der Waals surface area (Å²) in [5.41, 5.74) is 0.709. The third kappa shape index (κ3) is 4.87. The Bertz CT molecular complexity index is 506. The monoisotopic (exact) mass is 290 g/mol. The highest BCUT2D eigenvalue weighted by Crippen LogP contribution is 2.16. The Morgan fingerprint density at radius 3 is 2.74 bits per heavy atom. The molecule has 0 atom stereocenters. The molecule has 0 amide bonds. The van der Waals surface area contributed by atoms with Gasteiger partial charge in [0.15, 0.2) is 0 Å². The molecule has 108 valence electrons. The fourth-order valence-electron chi connectivity index (χ4n) is 1.57. The molecule has 0 aliphatic carbocycles. The first-order valence-corrected chi connectivity index (χ1v) is 7.41. The molecular formula is C12H19FN2O3S. The zero-order chi connectivity index (χ0) is 14.3. The van der Waals surface area contributed by atoms with Crippen molar-refractivity contribution in [3.63, 3.8) is 0 Å². The van der Waals surface area contributed by atoms with Crippen LogP contribution < -0.4 is 10.0 Å². The second kappa shape index (κ2) is 7.54. The van der Waals surface area contributed by atoms with Crippen LogP contribution in [0.15, 0.2) is 23.1 Å². The molecule has 0 radical (unpaired) electrons. The summed E-state index contributed by atoms with van der Waals surface area (Å²) in [5, 5.41) is 2.89. The molecule has 0 saturated carbocycles. The zero-order valence-electron chi connectivity index (χ0n) is 11.1. The Balaban J connectivity index is 2.84. The van der Waals surface area contributed by atoms with Crippen LogP contribution in [0.4, 0.5) is 4.39 Å². The molecule has 7 heteroatoms. The molecule has 1 aromatic carbocycles. The van der Waals surface area contributed by atoms with E-state index in [0.717, 1.165) is 6.07 Å². The highest BCUT2D eigenvalue weighted by atomic mass is 32.2. The van der Waals surface area contributed by atoms with E-state index in [2.05, 4.69) is 10.0 Å². The van der Waals surface area contributed by atoms with E-state index >= 15 is 0 Å². The Morgan fingerprint density at radius 2 is 2.11 bits per heavy atom. The van der Waals surface area contributed by atoms with Crippen molar-refractivity contribution in [2.75, 3.05) is 27.3 Å². The van der Waals surface area contributed by atoms with Gasteiger partial charge in [-0.3, -0.25) is 0 Å². The van der Waals surface area contributed by atoms with Gasteiger partial charge in [-0.15, -0.1) is 0 Å². The zero-order valence-corrected chi connectivity index (χ0v) is 11.9. The molecule has 0 bridgehead atoms. The van der Waals surface area contributed by atoms with Crippen LogP contribution in [0, 0.1) is 5.82 Å². The minimum Gasteiger partial charge on any atom is -0.385 e. The standard InChI is InChI=1S/C12H19FN2O3S/c1-14-9-10-4-5-11(13)12(8-10)19(16,17)15-6-3-7-18-2/h4-5,8,14-15H,3,6-7,9H2,1-2H3. The Kier molecular flexibility index (Phi) is 6.36. The molecule has 0 unspecified atom stereocenters. The van der Waals surface area contributed by atoms with Gasteiger partial charge in [0, 0.05) is 26.8 Å². The molecule has 2 N–H and O–H groups in total. The molecule has 0 heterocycles. The quantitative estimate of drug-likeness (QED) is 0.697. The molecule has 0 saturated heterocycles. The van der Waals surface area contributed by atoms with E-state index in [1.165, 1.54) is 13.2 Å². The maximum absolute atomic E-state index is 13.6. The van der Waals surface area contributed by atoms with Gasteiger partial charge in [0.1, 0.15) is 10.7 Å². The molecule has 0 fully saturated rings. The fourth-order valence-corrected chi connectivity index (χ4v) is 2.77. The Labute approximate surface area is 113 Å². The van der Waals surface area contributed by atoms with Crippen molar-refractivity contribution in [1.29, 1.82) is 0 Å². The number of hydrogen-bond donors (Lipinski definition) is 2. The van der Waals surface area contributed by atoms with Crippen molar-refractivity contribution in [2.24, 2.45) is 0 Å². The molecule has 0 spiro atoms. The summed E-state index contributed by atoms with van der Waals surface area (Å²) >= 11 is 0. The molecule has 1 aromatic rings. The first-order chi connectivity index (χ1) is 9.01. The summed E-state index contributed by atoms with van der Waals surface area (Å²) in [6.45, 7) is 1.14. The van der Waals surface area contributed by atoms with Crippen LogP contribution in [-0.4, -0.2) is 35.7 Å². The lowest BCUT2D eigenvalue weighted by molar-refractivity contribution is 0.196. The van der Waals surface area contributed by atoms with E-state index in [0.29, 0.717) is 25.1 Å². The number of rotatable bonds is 8. The van der Waals surface area contributed by atoms with E-state index in [4.69, 9.17) is 4.74 Å². The number of halogens is 1. The summed E-state index contributed by atoms with van der Waals surface area (Å²) in [5.74, 6) is -0.751. The Morgan fingerprint density at radius 1 is 1.37 bits per heavy atom. The van der Waals surface area contributed by atoms with Crippen LogP contribution in [-0.2, 0) is 21.3 Å². The predicted octanol–water partition coefficient (Wildman–Crippen LogP) is 0.860. The number of nitrogens with one attached hydrogen (secondary N) is 2. The second-order valence-electron chi connectivity index (χ2n) is 4.04. The van der Waals surface area contributed by atoms with Gasteiger partial charge in [0.05, 0.1) is 0 Å². The van der Waals surface area contributed by atoms with Crippen molar-refractivity contribution in [2.45, 2.75) is 17.9 Å². The lowest BCUT2D eigenvalue weighted by Gasteiger charge is -2.09. The van der Waals surface area contributed by atoms with E-state index in [1.807, 2.05) is 0 Å². The van der Waals surface area contributed by atoms with E-state index in [1.54, 1.807) is 13.1 Å². The molecular weight excluding hydrogens is 271 g/mol. The van der Waals surface area contributed by atoms with Crippen LogP contribution in [0.1, 0.15) is 12.0 Å². The summed E-state index contributed by atoms with van der Waals surface area (Å²) < 4.78 is 44.7. The van der Waals surface area contributed by atoms with Crippen molar-refractivity contribution in [3.05, 3.63) is 29.6 Å². The van der Waals surface area contributed by atoms with Gasteiger partial charge in [-0.25, -0.2) is 17.5 Å². The normalized spacial score (nSPS) is 11.7. The van der Waals surface area contributed by atoms with Gasteiger partial charge < -0.3 is 10.1 Å². The number of ether oxygens (including phenoxy) is 1. The largest absolute Gasteiger partial charge is 0.385 e. The van der Waals surface area contributed by atoms with E-state index in [-0.39, 0.29) is 11.4 Å². The number of sulfonamides is 1. The fraction of sp³-hybridized carbons (Fsp3) is 0.500. The SMILES string of the molecule is CNCc1ccc(F)c(S(=O)(=O)NCCCOC)c1. The van der Waals surface area contributed by atoms with Crippen LogP contribution >= 0.6 is 0 Å². The second-order valence-corrected chi connectivity index (χ2v) is 5.77. The van der Waals surface area contributed by atoms with Crippen molar-refractivity contribution < 1.29 is 17.5 Å².